The zero-order chi connectivity index (χ0) is 19.4. The molecule has 0 fully saturated rings. The number of nitrogens with zero attached hydrogens (tertiary/aromatic N) is 2. The molecule has 0 bridgehead atoms. The van der Waals surface area contributed by atoms with Crippen molar-refractivity contribution in [1.29, 1.82) is 0 Å². The fourth-order valence-corrected chi connectivity index (χ4v) is 2.48. The van der Waals surface area contributed by atoms with E-state index in [1.54, 1.807) is 14.2 Å². The molecule has 0 spiro atoms. The molecule has 6 nitrogen and oxygen atoms in total. The van der Waals surface area contributed by atoms with Gasteiger partial charge in [-0.1, -0.05) is 26.8 Å². The van der Waals surface area contributed by atoms with Crippen molar-refractivity contribution >= 4 is 5.96 Å². The number of aliphatic imine (C=N–C) groups is 1. The SMILES string of the molecule is CCC(C)NC(=NC)NCc1ccc(OCCN(CC)CC)c(OC)c1. The van der Waals surface area contributed by atoms with Gasteiger partial charge in [0.15, 0.2) is 17.5 Å². The molecule has 6 heteroatoms. The highest BCUT2D eigenvalue weighted by Crippen LogP contribution is 2.28. The van der Waals surface area contributed by atoms with Crippen LogP contribution in [0.25, 0.3) is 0 Å². The standard InChI is InChI=1S/C20H36N4O2/c1-7-16(4)23-20(21-5)22-15-17-10-11-18(19(14-17)25-6)26-13-12-24(8-2)9-3/h10-11,14,16H,7-9,12-13,15H2,1-6H3,(H2,21,22,23). The van der Waals surface area contributed by atoms with Crippen LogP contribution in [0.1, 0.15) is 39.7 Å². The van der Waals surface area contributed by atoms with Gasteiger partial charge >= 0.3 is 0 Å². The quantitative estimate of drug-likeness (QED) is 0.467. The van der Waals surface area contributed by atoms with E-state index in [4.69, 9.17) is 9.47 Å². The van der Waals surface area contributed by atoms with Crippen LogP contribution >= 0.6 is 0 Å². The van der Waals surface area contributed by atoms with Gasteiger partial charge in [0, 0.05) is 26.2 Å². The number of methoxy groups -OCH3 is 1. The molecular weight excluding hydrogens is 328 g/mol. The lowest BCUT2D eigenvalue weighted by Crippen LogP contribution is -2.41. The number of likely N-dealkylation sites (N-methyl/N-ethyl adjacent to an activating group) is 1. The second-order valence-electron chi connectivity index (χ2n) is 6.24. The molecule has 0 saturated carbocycles. The molecule has 0 aliphatic heterocycles. The molecule has 26 heavy (non-hydrogen) atoms. The van der Waals surface area contributed by atoms with E-state index in [-0.39, 0.29) is 0 Å². The third-order valence-corrected chi connectivity index (χ3v) is 4.47. The first kappa shape index (κ1) is 22.1. The number of hydrogen-bond acceptors (Lipinski definition) is 4. The highest BCUT2D eigenvalue weighted by Gasteiger charge is 2.08. The summed E-state index contributed by atoms with van der Waals surface area (Å²) in [5.41, 5.74) is 1.12. The first-order valence-electron chi connectivity index (χ1n) is 9.57. The van der Waals surface area contributed by atoms with Crippen LogP contribution in [-0.4, -0.2) is 57.3 Å². The van der Waals surface area contributed by atoms with Gasteiger partial charge in [0.1, 0.15) is 6.61 Å². The lowest BCUT2D eigenvalue weighted by atomic mass is 10.2. The third-order valence-electron chi connectivity index (χ3n) is 4.47. The predicted molar refractivity (Wildman–Crippen MR) is 109 cm³/mol. The molecule has 0 amide bonds. The molecule has 1 rings (SSSR count). The van der Waals surface area contributed by atoms with Gasteiger partial charge in [-0.25, -0.2) is 0 Å². The lowest BCUT2D eigenvalue weighted by molar-refractivity contribution is 0.217. The molecular formula is C20H36N4O2. The lowest BCUT2D eigenvalue weighted by Gasteiger charge is -2.19. The van der Waals surface area contributed by atoms with Gasteiger partial charge in [-0.2, -0.15) is 0 Å². The van der Waals surface area contributed by atoms with Gasteiger partial charge in [0.25, 0.3) is 0 Å². The topological polar surface area (TPSA) is 58.1 Å². The summed E-state index contributed by atoms with van der Waals surface area (Å²) >= 11 is 0. The number of nitrogens with one attached hydrogen (secondary N) is 2. The Hall–Kier alpha value is -1.95. The molecule has 1 aromatic rings. The number of rotatable bonds is 11. The minimum Gasteiger partial charge on any atom is -0.493 e. The predicted octanol–water partition coefficient (Wildman–Crippen LogP) is 2.88. The van der Waals surface area contributed by atoms with Gasteiger partial charge in [0.05, 0.1) is 7.11 Å². The van der Waals surface area contributed by atoms with E-state index in [0.29, 0.717) is 19.2 Å². The first-order chi connectivity index (χ1) is 12.6. The zero-order valence-corrected chi connectivity index (χ0v) is 17.3. The van der Waals surface area contributed by atoms with Crippen LogP contribution in [0.2, 0.25) is 0 Å². The van der Waals surface area contributed by atoms with Crippen molar-refractivity contribution in [2.45, 2.75) is 46.7 Å². The Balaban J connectivity index is 2.61. The summed E-state index contributed by atoms with van der Waals surface area (Å²) in [5, 5.41) is 6.69. The number of hydrogen-bond donors (Lipinski definition) is 2. The second-order valence-corrected chi connectivity index (χ2v) is 6.24. The van der Waals surface area contributed by atoms with Gasteiger partial charge in [-0.05, 0) is 44.1 Å². The van der Waals surface area contributed by atoms with Crippen LogP contribution in [0.3, 0.4) is 0 Å². The Bertz CT molecular complexity index is 545. The Morgan fingerprint density at radius 3 is 2.50 bits per heavy atom. The van der Waals surface area contributed by atoms with Crippen LogP contribution in [-0.2, 0) is 6.54 Å². The summed E-state index contributed by atoms with van der Waals surface area (Å²) in [5.74, 6) is 2.34. The minimum absolute atomic E-state index is 0.386. The molecule has 0 saturated heterocycles. The summed E-state index contributed by atoms with van der Waals surface area (Å²) in [6, 6.07) is 6.43. The maximum absolute atomic E-state index is 5.91. The summed E-state index contributed by atoms with van der Waals surface area (Å²) in [7, 11) is 3.46. The molecule has 1 unspecified atom stereocenters. The van der Waals surface area contributed by atoms with Crippen LogP contribution < -0.4 is 20.1 Å². The molecule has 1 aromatic carbocycles. The van der Waals surface area contributed by atoms with E-state index in [1.165, 1.54) is 0 Å². The van der Waals surface area contributed by atoms with E-state index in [2.05, 4.69) is 54.3 Å². The fourth-order valence-electron chi connectivity index (χ4n) is 2.48. The normalized spacial score (nSPS) is 12.8. The molecule has 0 radical (unpaired) electrons. The smallest absolute Gasteiger partial charge is 0.191 e. The zero-order valence-electron chi connectivity index (χ0n) is 17.3. The Morgan fingerprint density at radius 1 is 1.19 bits per heavy atom. The highest BCUT2D eigenvalue weighted by atomic mass is 16.5. The number of benzene rings is 1. The van der Waals surface area contributed by atoms with Crippen LogP contribution in [0.15, 0.2) is 23.2 Å². The highest BCUT2D eigenvalue weighted by molar-refractivity contribution is 5.79. The van der Waals surface area contributed by atoms with Gasteiger partial charge < -0.3 is 25.0 Å². The Morgan fingerprint density at radius 2 is 1.92 bits per heavy atom. The minimum atomic E-state index is 0.386. The van der Waals surface area contributed by atoms with Gasteiger partial charge in [-0.15, -0.1) is 0 Å². The van der Waals surface area contributed by atoms with E-state index < -0.39 is 0 Å². The van der Waals surface area contributed by atoms with Crippen molar-refractivity contribution in [1.82, 2.24) is 15.5 Å². The van der Waals surface area contributed by atoms with E-state index in [9.17, 15) is 0 Å². The van der Waals surface area contributed by atoms with E-state index in [1.807, 2.05) is 12.1 Å². The van der Waals surface area contributed by atoms with Crippen molar-refractivity contribution in [3.05, 3.63) is 23.8 Å². The van der Waals surface area contributed by atoms with Crippen molar-refractivity contribution in [2.24, 2.45) is 4.99 Å². The average molecular weight is 365 g/mol. The first-order valence-corrected chi connectivity index (χ1v) is 9.57. The molecule has 0 heterocycles. The molecule has 148 valence electrons. The largest absolute Gasteiger partial charge is 0.493 e. The summed E-state index contributed by atoms with van der Waals surface area (Å²) < 4.78 is 11.4. The molecule has 0 aliphatic carbocycles. The Labute approximate surface area is 159 Å². The van der Waals surface area contributed by atoms with Gasteiger partial charge in [0.2, 0.25) is 0 Å². The van der Waals surface area contributed by atoms with Crippen molar-refractivity contribution < 1.29 is 9.47 Å². The Kier molecular flexibility index (Phi) is 10.5. The number of ether oxygens (including phenoxy) is 2. The monoisotopic (exact) mass is 364 g/mol. The van der Waals surface area contributed by atoms with Crippen LogP contribution in [0.5, 0.6) is 11.5 Å². The van der Waals surface area contributed by atoms with Crippen molar-refractivity contribution in [3.8, 4) is 11.5 Å². The molecule has 2 N–H and O–H groups in total. The summed E-state index contributed by atoms with van der Waals surface area (Å²) in [6.45, 7) is 12.9. The maximum Gasteiger partial charge on any atom is 0.191 e. The van der Waals surface area contributed by atoms with E-state index in [0.717, 1.165) is 49.1 Å². The van der Waals surface area contributed by atoms with Gasteiger partial charge in [-0.3, -0.25) is 4.99 Å². The summed E-state index contributed by atoms with van der Waals surface area (Å²) in [6.07, 6.45) is 1.05. The molecule has 1 atom stereocenters. The van der Waals surface area contributed by atoms with Crippen molar-refractivity contribution in [2.75, 3.05) is 40.4 Å². The summed E-state index contributed by atoms with van der Waals surface area (Å²) in [4.78, 5) is 6.59. The van der Waals surface area contributed by atoms with Crippen LogP contribution in [0.4, 0.5) is 0 Å². The van der Waals surface area contributed by atoms with Crippen LogP contribution in [0, 0.1) is 0 Å². The third kappa shape index (κ3) is 7.52. The second kappa shape index (κ2) is 12.4. The fraction of sp³-hybridized carbons (Fsp3) is 0.650. The maximum atomic E-state index is 5.91. The molecule has 0 aliphatic rings. The molecule has 0 aromatic heterocycles. The average Bonchev–Trinajstić information content (AvgIpc) is 2.68. The number of guanidine groups is 1. The van der Waals surface area contributed by atoms with Crippen molar-refractivity contribution in [3.63, 3.8) is 0 Å². The van der Waals surface area contributed by atoms with E-state index >= 15 is 0 Å².